The van der Waals surface area contributed by atoms with Crippen LogP contribution in [-0.2, 0) is 9.53 Å². The van der Waals surface area contributed by atoms with Crippen molar-refractivity contribution in [2.75, 3.05) is 38.7 Å². The maximum Gasteiger partial charge on any atom is 0.252 e. The van der Waals surface area contributed by atoms with E-state index in [0.29, 0.717) is 29.4 Å². The lowest BCUT2D eigenvalue weighted by Gasteiger charge is -2.35. The number of piperidine rings is 1. The number of anilines is 1. The van der Waals surface area contributed by atoms with E-state index in [0.717, 1.165) is 32.4 Å². The van der Waals surface area contributed by atoms with E-state index in [9.17, 15) is 9.59 Å². The van der Waals surface area contributed by atoms with Crippen LogP contribution in [-0.4, -0.2) is 45.2 Å². The first-order chi connectivity index (χ1) is 12.0. The summed E-state index contributed by atoms with van der Waals surface area (Å²) < 4.78 is 5.29. The van der Waals surface area contributed by atoms with Crippen LogP contribution in [0.15, 0.2) is 18.2 Å². The van der Waals surface area contributed by atoms with Crippen LogP contribution in [0.2, 0.25) is 5.02 Å². The molecule has 0 atom stereocenters. The number of nitrogens with one attached hydrogen (secondary N) is 3. The Morgan fingerprint density at radius 1 is 1.31 bits per heavy atom. The van der Waals surface area contributed by atoms with Crippen molar-refractivity contribution in [3.8, 4) is 0 Å². The van der Waals surface area contributed by atoms with Crippen LogP contribution in [0.5, 0.6) is 0 Å². The van der Waals surface area contributed by atoms with Crippen molar-refractivity contribution < 1.29 is 14.3 Å². The van der Waals surface area contributed by atoms with Gasteiger partial charge in [0, 0.05) is 19.3 Å². The molecule has 1 aromatic carbocycles. The van der Waals surface area contributed by atoms with Gasteiger partial charge in [-0.05, 0) is 50.6 Å². The van der Waals surface area contributed by atoms with E-state index < -0.39 is 5.41 Å². The maximum absolute atomic E-state index is 12.8. The third kappa shape index (κ3) is 5.58. The van der Waals surface area contributed by atoms with Crippen molar-refractivity contribution in [2.45, 2.75) is 26.2 Å². The predicted octanol–water partition coefficient (Wildman–Crippen LogP) is 2.86. The Hall–Kier alpha value is -1.34. The zero-order valence-electron chi connectivity index (χ0n) is 15.2. The summed E-state index contributed by atoms with van der Waals surface area (Å²) in [6, 6.07) is 4.95. The van der Waals surface area contributed by atoms with E-state index in [-0.39, 0.29) is 24.2 Å². The summed E-state index contributed by atoms with van der Waals surface area (Å²) in [5.41, 5.74) is 0.446. The quantitative estimate of drug-likeness (QED) is 0.653. The van der Waals surface area contributed by atoms with Crippen molar-refractivity contribution in [3.63, 3.8) is 0 Å². The highest BCUT2D eigenvalue weighted by Crippen LogP contribution is 2.31. The topological polar surface area (TPSA) is 79.5 Å². The fraction of sp³-hybridized carbons (Fsp3) is 0.556. The smallest absolute Gasteiger partial charge is 0.252 e. The minimum absolute atomic E-state index is 0. The molecule has 1 aliphatic heterocycles. The summed E-state index contributed by atoms with van der Waals surface area (Å²) in [7, 11) is 1.61. The third-order valence-corrected chi connectivity index (χ3v) is 4.78. The molecule has 8 heteroatoms. The van der Waals surface area contributed by atoms with Gasteiger partial charge in [-0.2, -0.15) is 0 Å². The summed E-state index contributed by atoms with van der Waals surface area (Å²) in [6.07, 6.45) is 2.30. The Balaban J connectivity index is 0.00000338. The van der Waals surface area contributed by atoms with E-state index in [1.807, 2.05) is 6.92 Å². The third-order valence-electron chi connectivity index (χ3n) is 4.47. The lowest BCUT2D eigenvalue weighted by atomic mass is 9.78. The number of amides is 2. The number of rotatable bonds is 7. The molecule has 26 heavy (non-hydrogen) atoms. The molecule has 2 amide bonds. The predicted molar refractivity (Wildman–Crippen MR) is 106 cm³/mol. The minimum Gasteiger partial charge on any atom is -0.384 e. The lowest BCUT2D eigenvalue weighted by Crippen LogP contribution is -2.47. The first kappa shape index (κ1) is 22.7. The molecule has 0 aromatic heterocycles. The Morgan fingerprint density at radius 3 is 2.58 bits per heavy atom. The highest BCUT2D eigenvalue weighted by Gasteiger charge is 2.39. The number of halogens is 2. The van der Waals surface area contributed by atoms with Crippen LogP contribution in [0.3, 0.4) is 0 Å². The number of hydrogen-bond acceptors (Lipinski definition) is 4. The molecule has 1 fully saturated rings. The molecular formula is C18H27Cl2N3O3. The number of carbonyl (C=O) groups excluding carboxylic acids is 2. The van der Waals surface area contributed by atoms with Crippen LogP contribution in [0.1, 0.15) is 36.5 Å². The molecule has 0 unspecified atom stereocenters. The van der Waals surface area contributed by atoms with Gasteiger partial charge in [-0.1, -0.05) is 18.5 Å². The van der Waals surface area contributed by atoms with Crippen molar-refractivity contribution >= 4 is 41.5 Å². The number of benzene rings is 1. The molecule has 1 heterocycles. The van der Waals surface area contributed by atoms with Gasteiger partial charge in [-0.25, -0.2) is 0 Å². The standard InChI is InChI=1S/C18H26ClN3O3.ClH/c1-3-8-21-16(23)14-5-4-13(11-15(14)19)22-17(24)18(12-25-2)6-9-20-10-7-18;/h4-5,11,20H,3,6-10,12H2,1-2H3,(H,21,23)(H,22,24);1H. The fourth-order valence-corrected chi connectivity index (χ4v) is 3.26. The molecule has 3 N–H and O–H groups in total. The second-order valence-electron chi connectivity index (χ2n) is 6.37. The largest absolute Gasteiger partial charge is 0.384 e. The first-order valence-electron chi connectivity index (χ1n) is 8.61. The summed E-state index contributed by atoms with van der Waals surface area (Å²) in [5, 5.41) is 9.29. The zero-order valence-corrected chi connectivity index (χ0v) is 16.8. The van der Waals surface area contributed by atoms with Gasteiger partial charge >= 0.3 is 0 Å². The second kappa shape index (κ2) is 10.7. The number of methoxy groups -OCH3 is 1. The van der Waals surface area contributed by atoms with Crippen LogP contribution >= 0.6 is 24.0 Å². The molecule has 1 saturated heterocycles. The van der Waals surface area contributed by atoms with E-state index in [1.54, 1.807) is 25.3 Å². The molecule has 0 spiro atoms. The molecule has 0 bridgehead atoms. The Kier molecular flexibility index (Phi) is 9.36. The summed E-state index contributed by atoms with van der Waals surface area (Å²) in [5.74, 6) is -0.283. The minimum atomic E-state index is -0.538. The van der Waals surface area contributed by atoms with Crippen LogP contribution in [0.4, 0.5) is 5.69 Å². The normalized spacial score (nSPS) is 15.7. The van der Waals surface area contributed by atoms with Crippen molar-refractivity contribution in [2.24, 2.45) is 5.41 Å². The molecule has 2 rings (SSSR count). The molecule has 0 saturated carbocycles. The summed E-state index contributed by atoms with van der Waals surface area (Å²) >= 11 is 6.22. The van der Waals surface area contributed by atoms with Crippen LogP contribution in [0.25, 0.3) is 0 Å². The molecule has 0 aliphatic carbocycles. The first-order valence-corrected chi connectivity index (χ1v) is 8.99. The average Bonchev–Trinajstić information content (AvgIpc) is 2.61. The molecule has 6 nitrogen and oxygen atoms in total. The van der Waals surface area contributed by atoms with Crippen molar-refractivity contribution in [1.82, 2.24) is 10.6 Å². The van der Waals surface area contributed by atoms with Crippen LogP contribution in [0, 0.1) is 5.41 Å². The average molecular weight is 404 g/mol. The van der Waals surface area contributed by atoms with Gasteiger partial charge in [0.05, 0.1) is 22.6 Å². The van der Waals surface area contributed by atoms with Gasteiger partial charge in [0.15, 0.2) is 0 Å². The highest BCUT2D eigenvalue weighted by molar-refractivity contribution is 6.34. The van der Waals surface area contributed by atoms with Crippen LogP contribution < -0.4 is 16.0 Å². The summed E-state index contributed by atoms with van der Waals surface area (Å²) in [4.78, 5) is 24.8. The molecule has 0 radical (unpaired) electrons. The van der Waals surface area contributed by atoms with E-state index in [2.05, 4.69) is 16.0 Å². The van der Waals surface area contributed by atoms with Gasteiger partial charge in [-0.15, -0.1) is 12.4 Å². The van der Waals surface area contributed by atoms with E-state index >= 15 is 0 Å². The highest BCUT2D eigenvalue weighted by atomic mass is 35.5. The number of ether oxygens (including phenoxy) is 1. The monoisotopic (exact) mass is 403 g/mol. The molecule has 146 valence electrons. The molecule has 1 aromatic rings. The second-order valence-corrected chi connectivity index (χ2v) is 6.78. The number of carbonyl (C=O) groups is 2. The van der Waals surface area contributed by atoms with Crippen molar-refractivity contribution in [3.05, 3.63) is 28.8 Å². The van der Waals surface area contributed by atoms with Gasteiger partial charge in [-0.3, -0.25) is 9.59 Å². The molecule has 1 aliphatic rings. The Morgan fingerprint density at radius 2 is 2.00 bits per heavy atom. The molecular weight excluding hydrogens is 377 g/mol. The summed E-state index contributed by atoms with van der Waals surface area (Å²) in [6.45, 7) is 4.53. The maximum atomic E-state index is 12.8. The van der Waals surface area contributed by atoms with Gasteiger partial charge < -0.3 is 20.7 Å². The number of hydrogen-bond donors (Lipinski definition) is 3. The SMILES string of the molecule is CCCNC(=O)c1ccc(NC(=O)C2(COC)CCNCC2)cc1Cl.Cl. The van der Waals surface area contributed by atoms with E-state index in [1.165, 1.54) is 0 Å². The van der Waals surface area contributed by atoms with Crippen molar-refractivity contribution in [1.29, 1.82) is 0 Å². The lowest BCUT2D eigenvalue weighted by molar-refractivity contribution is -0.130. The fourth-order valence-electron chi connectivity index (χ4n) is 2.99. The van der Waals surface area contributed by atoms with Gasteiger partial charge in [0.25, 0.3) is 5.91 Å². The van der Waals surface area contributed by atoms with Gasteiger partial charge in [0.1, 0.15) is 0 Å². The Labute approximate surface area is 165 Å². The van der Waals surface area contributed by atoms with E-state index in [4.69, 9.17) is 16.3 Å². The Bertz CT molecular complexity index is 614. The zero-order chi connectivity index (χ0) is 18.3. The van der Waals surface area contributed by atoms with Gasteiger partial charge in [0.2, 0.25) is 5.91 Å².